The lowest BCUT2D eigenvalue weighted by molar-refractivity contribution is 1.70. The number of rotatable bonds is 1. The molecule has 0 radical (unpaired) electrons. The van der Waals surface area contributed by atoms with E-state index in [0.717, 1.165) is 10.8 Å². The van der Waals surface area contributed by atoms with Gasteiger partial charge in [0.15, 0.2) is 0 Å². The maximum Gasteiger partial charge on any atom is 0.0636 e. The van der Waals surface area contributed by atoms with Crippen molar-refractivity contribution in [3.05, 3.63) is 96.8 Å². The fourth-order valence-electron chi connectivity index (χ4n) is 3.15. The van der Waals surface area contributed by atoms with Gasteiger partial charge in [0.25, 0.3) is 0 Å². The Kier molecular flexibility index (Phi) is 1.56. The molecule has 0 heterocycles. The first kappa shape index (κ1) is 7.19. The van der Waals surface area contributed by atoms with Gasteiger partial charge in [0, 0.05) is 0 Å². The predicted molar refractivity (Wildman–Crippen MR) is 104 cm³/mol. The third-order valence-corrected chi connectivity index (χ3v) is 4.18. The fraction of sp³-hybridized carbons (Fsp3) is 0. The van der Waals surface area contributed by atoms with Crippen molar-refractivity contribution in [2.45, 2.75) is 0 Å². The van der Waals surface area contributed by atoms with Crippen LogP contribution in [-0.4, -0.2) is 0 Å². The van der Waals surface area contributed by atoms with Crippen LogP contribution >= 0.6 is 0 Å². The molecule has 0 aliphatic carbocycles. The zero-order valence-electron chi connectivity index (χ0n) is 21.5. The molecule has 5 aromatic carbocycles. The minimum Gasteiger partial charge on any atom is -0.0616 e. The Morgan fingerprint density at radius 2 is 1.17 bits per heavy atom. The van der Waals surface area contributed by atoms with Crippen LogP contribution in [0.5, 0.6) is 0 Å². The van der Waals surface area contributed by atoms with Gasteiger partial charge in [0.2, 0.25) is 0 Å². The molecule has 0 bridgehead atoms. The molecule has 0 aromatic heterocycles. The minimum absolute atomic E-state index is 0.0681. The van der Waals surface area contributed by atoms with Gasteiger partial charge in [-0.3, -0.25) is 0 Å². The van der Waals surface area contributed by atoms with Crippen LogP contribution in [0.3, 0.4) is 0 Å². The molecule has 0 atom stereocenters. The third-order valence-electron chi connectivity index (χ3n) is 4.18. The van der Waals surface area contributed by atoms with Gasteiger partial charge in [0.1, 0.15) is 0 Å². The van der Waals surface area contributed by atoms with E-state index < -0.39 is 36.3 Å². The van der Waals surface area contributed by atoms with Gasteiger partial charge in [-0.1, -0.05) is 90.8 Å². The molecule has 5 rings (SSSR count). The van der Waals surface area contributed by atoms with E-state index in [1.54, 1.807) is 12.1 Å². The van der Waals surface area contributed by atoms with E-state index in [2.05, 4.69) is 0 Å². The summed E-state index contributed by atoms with van der Waals surface area (Å²) in [6, 6.07) is 9.12. The summed E-state index contributed by atoms with van der Waals surface area (Å²) >= 11 is 0. The summed E-state index contributed by atoms with van der Waals surface area (Å²) in [5.74, 6) is 0. The zero-order chi connectivity index (χ0) is 23.8. The van der Waals surface area contributed by atoms with E-state index >= 15 is 0 Å². The Morgan fingerprint density at radius 1 is 0.542 bits per heavy atom. The summed E-state index contributed by atoms with van der Waals surface area (Å²) in [6.07, 6.45) is 0. The molecular formula is C24H16. The highest BCUT2D eigenvalue weighted by Crippen LogP contribution is 2.39. The van der Waals surface area contributed by atoms with Crippen LogP contribution in [0.2, 0.25) is 0 Å². The van der Waals surface area contributed by atoms with Crippen LogP contribution in [0.25, 0.3) is 43.4 Å². The Labute approximate surface area is 153 Å². The average molecular weight is 313 g/mol. The van der Waals surface area contributed by atoms with Crippen LogP contribution in [0, 0.1) is 0 Å². The molecule has 24 heavy (non-hydrogen) atoms. The summed E-state index contributed by atoms with van der Waals surface area (Å²) in [6.45, 7) is 0. The van der Waals surface area contributed by atoms with Gasteiger partial charge in [-0.25, -0.2) is 0 Å². The average Bonchev–Trinajstić information content (AvgIpc) is 2.82. The Hall–Kier alpha value is -3.12. The van der Waals surface area contributed by atoms with Crippen molar-refractivity contribution in [2.75, 3.05) is 0 Å². The van der Waals surface area contributed by atoms with Crippen LogP contribution in [0.15, 0.2) is 96.8 Å². The Bertz CT molecular complexity index is 1570. The number of hydrogen-bond acceptors (Lipinski definition) is 0. The first-order chi connectivity index (χ1) is 15.7. The lowest BCUT2D eigenvalue weighted by Crippen LogP contribution is -1.87. The lowest BCUT2D eigenvalue weighted by atomic mass is 9.89. The van der Waals surface area contributed by atoms with E-state index in [4.69, 9.17) is 12.3 Å². The smallest absolute Gasteiger partial charge is 0.0616 e. The molecule has 0 saturated carbocycles. The van der Waals surface area contributed by atoms with Gasteiger partial charge in [-0.2, -0.15) is 0 Å². The van der Waals surface area contributed by atoms with Crippen molar-refractivity contribution in [1.82, 2.24) is 0 Å². The zero-order valence-corrected chi connectivity index (χ0v) is 12.5. The van der Waals surface area contributed by atoms with Crippen molar-refractivity contribution in [3.8, 4) is 11.1 Å². The molecule has 0 heteroatoms. The second-order valence-corrected chi connectivity index (χ2v) is 5.53. The highest BCUT2D eigenvalue weighted by atomic mass is 14.1. The standard InChI is InChI=1S/C24H16/c1-4-12-20-17(8-1)11-7-15-23(20)24-21-13-5-2-9-18(21)16-19-10-3-6-14-22(19)24/h1-16H/i2D,3D,5D,6D,9D,10D,13D,14D,16D. The Balaban J connectivity index is 2.23. The molecule has 0 saturated heterocycles. The van der Waals surface area contributed by atoms with Crippen LogP contribution in [0.1, 0.15) is 12.3 Å². The molecule has 0 spiro atoms. The highest BCUT2D eigenvalue weighted by Gasteiger charge is 2.11. The van der Waals surface area contributed by atoms with Crippen LogP contribution < -0.4 is 0 Å². The fourth-order valence-corrected chi connectivity index (χ4v) is 3.15. The molecule has 0 aliphatic rings. The molecule has 5 aromatic rings. The molecular weight excluding hydrogens is 288 g/mol. The summed E-state index contributed by atoms with van der Waals surface area (Å²) in [7, 11) is 0. The number of fused-ring (bicyclic) bond motifs is 3. The second kappa shape index (κ2) is 5.21. The first-order valence-corrected chi connectivity index (χ1v) is 7.57. The summed E-state index contributed by atoms with van der Waals surface area (Å²) in [4.78, 5) is 0. The maximum atomic E-state index is 8.77. The van der Waals surface area contributed by atoms with Crippen molar-refractivity contribution >= 4 is 32.3 Å². The molecule has 0 fully saturated rings. The normalized spacial score (nSPS) is 16.6. The molecule has 112 valence electrons. The van der Waals surface area contributed by atoms with Gasteiger partial charge in [-0.15, -0.1) is 0 Å². The Morgan fingerprint density at radius 3 is 1.92 bits per heavy atom. The molecule has 0 aliphatic heterocycles. The van der Waals surface area contributed by atoms with Gasteiger partial charge < -0.3 is 0 Å². The summed E-state index contributed by atoms with van der Waals surface area (Å²) in [5, 5.41) is 1.63. The van der Waals surface area contributed by atoms with Crippen molar-refractivity contribution < 1.29 is 12.3 Å². The quantitative estimate of drug-likeness (QED) is 0.298. The first-order valence-electron chi connectivity index (χ1n) is 12.1. The third kappa shape index (κ3) is 1.93. The van der Waals surface area contributed by atoms with E-state index in [0.29, 0.717) is 5.56 Å². The molecule has 0 amide bonds. The summed E-state index contributed by atoms with van der Waals surface area (Å²) in [5.41, 5.74) is 0.838. The van der Waals surface area contributed by atoms with Crippen molar-refractivity contribution in [1.29, 1.82) is 0 Å². The monoisotopic (exact) mass is 313 g/mol. The predicted octanol–water partition coefficient (Wildman–Crippen LogP) is 6.81. The summed E-state index contributed by atoms with van der Waals surface area (Å²) < 4.78 is 75.7. The lowest BCUT2D eigenvalue weighted by Gasteiger charge is -2.14. The largest absolute Gasteiger partial charge is 0.0636 e. The van der Waals surface area contributed by atoms with Crippen molar-refractivity contribution in [3.63, 3.8) is 0 Å². The van der Waals surface area contributed by atoms with E-state index in [9.17, 15) is 0 Å². The highest BCUT2D eigenvalue weighted by molar-refractivity contribution is 6.16. The minimum atomic E-state index is -0.495. The van der Waals surface area contributed by atoms with Gasteiger partial charge in [-0.05, 0) is 49.5 Å². The SMILES string of the molecule is [2H]c1c([2H])c([2H])c2c(-c3cccc4ccccc34)c3c([2H])c([2H])c([2H])c([2H])c3c([2H])c2c1[2H]. The van der Waals surface area contributed by atoms with E-state index in [1.807, 2.05) is 30.3 Å². The van der Waals surface area contributed by atoms with E-state index in [-0.39, 0.29) is 45.2 Å². The maximum absolute atomic E-state index is 8.77. The number of hydrogen-bond donors (Lipinski definition) is 0. The molecule has 0 unspecified atom stereocenters. The van der Waals surface area contributed by atoms with E-state index in [1.165, 1.54) is 0 Å². The second-order valence-electron chi connectivity index (χ2n) is 5.53. The van der Waals surface area contributed by atoms with Crippen molar-refractivity contribution in [2.24, 2.45) is 0 Å². The topological polar surface area (TPSA) is 0 Å². The van der Waals surface area contributed by atoms with Gasteiger partial charge >= 0.3 is 0 Å². The molecule has 0 N–H and O–H groups in total. The van der Waals surface area contributed by atoms with Crippen LogP contribution in [-0.2, 0) is 0 Å². The van der Waals surface area contributed by atoms with Gasteiger partial charge in [0.05, 0.1) is 12.3 Å². The van der Waals surface area contributed by atoms with Crippen LogP contribution in [0.4, 0.5) is 0 Å². The molecule has 0 nitrogen and oxygen atoms in total. The number of benzene rings is 5.